The van der Waals surface area contributed by atoms with E-state index in [-0.39, 0.29) is 10.8 Å². The minimum absolute atomic E-state index is 0.0613. The molecule has 0 radical (unpaired) electrons. The van der Waals surface area contributed by atoms with Gasteiger partial charge in [0, 0.05) is 106 Å². The van der Waals surface area contributed by atoms with E-state index in [1.165, 1.54) is 98.7 Å². The van der Waals surface area contributed by atoms with E-state index < -0.39 is 0 Å². The fourth-order valence-corrected chi connectivity index (χ4v) is 19.6. The summed E-state index contributed by atoms with van der Waals surface area (Å²) in [4.78, 5) is 11.6. The Morgan fingerprint density at radius 2 is 0.321 bits per heavy atom. The molecule has 0 bridgehead atoms. The standard InChI is InChI=1S/C78H62N4.C30H24Br2.C24H20N2/c1-78(2,3)59-42-55-74-75(56-59)77(58-40-45-67(46-41-58)82(65-34-20-9-21-35-65)71-53-49-69(50-54-71)80(62-28-14-6-15-29-62)63-30-16-7-17-31-63)73-37-23-22-36-72(73)76(74)57-38-43-66(44-39-57)81(64-32-18-8-19-33-64)70-51-47-68(48-52-70)79(60-24-10-4-11-25-60)61-26-12-5-13-27-61;1-30(2,3)21-12-17-26-27(18-21)29(20-10-15-23(32)16-11-20)25-7-5-4-6-24(25)28(26)19-8-13-22(31)14-9-19;1-4-10-20(11-5-1)25-21-16-18-24(19-17-21)26(22-12-6-2-7-13-22)23-14-8-3-9-15-23/h4-56H,1-3H3;4-18H,1-3H3;1-19,25H. The number of fused-ring (bicyclic) bond motifs is 4. The number of nitrogens with zero attached hydrogens (tertiary/aromatic N) is 5. The van der Waals surface area contributed by atoms with E-state index in [0.717, 1.165) is 106 Å². The average Bonchev–Trinajstić information content (AvgIpc) is 0.731. The van der Waals surface area contributed by atoms with Crippen molar-refractivity contribution < 1.29 is 0 Å². The van der Waals surface area contributed by atoms with E-state index in [1.807, 2.05) is 30.3 Å². The molecule has 678 valence electrons. The maximum absolute atomic E-state index is 3.60. The van der Waals surface area contributed by atoms with Crippen LogP contribution < -0.4 is 29.8 Å². The zero-order valence-corrected chi connectivity index (χ0v) is 82.4. The number of hydrogen-bond donors (Lipinski definition) is 1. The van der Waals surface area contributed by atoms with Crippen LogP contribution >= 0.6 is 31.9 Å². The molecular weight excluding hydrogens is 1830 g/mol. The Kier molecular flexibility index (Phi) is 27.0. The highest BCUT2D eigenvalue weighted by Gasteiger charge is 2.27. The van der Waals surface area contributed by atoms with Gasteiger partial charge in [0.05, 0.1) is 0 Å². The number of rotatable bonds is 21. The summed E-state index contributed by atoms with van der Waals surface area (Å²) in [5.74, 6) is 0. The van der Waals surface area contributed by atoms with Crippen LogP contribution in [0.3, 0.4) is 0 Å². The number of nitrogens with one attached hydrogen (secondary N) is 1. The van der Waals surface area contributed by atoms with Crippen molar-refractivity contribution in [2.75, 3.05) is 29.8 Å². The highest BCUT2D eigenvalue weighted by molar-refractivity contribution is 9.10. The molecule has 0 atom stereocenters. The van der Waals surface area contributed by atoms with Crippen molar-refractivity contribution in [1.82, 2.24) is 0 Å². The number of halogens is 2. The SMILES string of the molecule is CC(C)(C)c1ccc2c(-c3ccc(Br)cc3)c3ccccc3c(-c3ccc(Br)cc3)c2c1.CC(C)(C)c1ccc2c(-c3ccc(N(c4ccccc4)c4ccc(N(c5ccccc5)c5ccccc5)cc4)cc3)c3ccccc3c(-c3ccc(N(c4ccccc4)c4ccc(N(c5ccccc5)c5ccccc5)cc4)cc3)c2c1.c1ccc(Nc2ccc(N(c3ccccc3)c3ccccc3)cc2)cc1. The quantitative estimate of drug-likeness (QED) is 0.0721. The van der Waals surface area contributed by atoms with Crippen molar-refractivity contribution in [2.45, 2.75) is 52.4 Å². The van der Waals surface area contributed by atoms with Gasteiger partial charge in [0.1, 0.15) is 0 Å². The molecule has 0 aliphatic heterocycles. The maximum Gasteiger partial charge on any atom is 0.0463 e. The Labute approximate surface area is 839 Å². The fourth-order valence-electron chi connectivity index (χ4n) is 19.1. The Morgan fingerprint density at radius 1 is 0.157 bits per heavy atom. The molecule has 0 aliphatic rings. The summed E-state index contributed by atoms with van der Waals surface area (Å²) < 4.78 is 2.19. The highest BCUT2D eigenvalue weighted by Crippen LogP contribution is 2.51. The van der Waals surface area contributed by atoms with Crippen molar-refractivity contribution in [3.8, 4) is 44.5 Å². The summed E-state index contributed by atoms with van der Waals surface area (Å²) in [6.07, 6.45) is 0. The first-order valence-corrected chi connectivity index (χ1v) is 49.4. The molecule has 22 aromatic rings. The second kappa shape index (κ2) is 41.3. The van der Waals surface area contributed by atoms with Gasteiger partial charge in [-0.05, 0) is 352 Å². The van der Waals surface area contributed by atoms with E-state index in [2.05, 4.69) is 601 Å². The normalized spacial score (nSPS) is 11.3. The molecular formula is C132H106Br2N6. The van der Waals surface area contributed by atoms with Gasteiger partial charge in [-0.2, -0.15) is 0 Å². The van der Waals surface area contributed by atoms with E-state index in [4.69, 9.17) is 0 Å². The van der Waals surface area contributed by atoms with Gasteiger partial charge in [-0.15, -0.1) is 0 Å². The van der Waals surface area contributed by atoms with Gasteiger partial charge >= 0.3 is 0 Å². The minimum Gasteiger partial charge on any atom is -0.356 e. The first-order valence-electron chi connectivity index (χ1n) is 47.8. The molecule has 0 spiro atoms. The van der Waals surface area contributed by atoms with Crippen LogP contribution in [0.15, 0.2) is 537 Å². The predicted octanol–water partition coefficient (Wildman–Crippen LogP) is 39.6. The molecule has 22 aromatic carbocycles. The van der Waals surface area contributed by atoms with Crippen LogP contribution in [0.1, 0.15) is 52.7 Å². The first-order chi connectivity index (χ1) is 68.6. The summed E-state index contributed by atoms with van der Waals surface area (Å²) >= 11 is 7.19. The molecule has 0 saturated heterocycles. The van der Waals surface area contributed by atoms with Gasteiger partial charge in [0.15, 0.2) is 0 Å². The molecule has 0 amide bonds. The molecule has 0 saturated carbocycles. The maximum atomic E-state index is 3.60. The Morgan fingerprint density at radius 3 is 0.543 bits per heavy atom. The van der Waals surface area contributed by atoms with E-state index >= 15 is 0 Å². The first kappa shape index (κ1) is 91.4. The largest absolute Gasteiger partial charge is 0.356 e. The van der Waals surface area contributed by atoms with Gasteiger partial charge in [0.25, 0.3) is 0 Å². The second-order valence-corrected chi connectivity index (χ2v) is 39.0. The molecule has 1 N–H and O–H groups in total. The Balaban J connectivity index is 0.000000167. The van der Waals surface area contributed by atoms with Crippen LogP contribution in [0.2, 0.25) is 0 Å². The lowest BCUT2D eigenvalue weighted by molar-refractivity contribution is 0.591. The number of hydrogen-bond acceptors (Lipinski definition) is 6. The molecule has 6 nitrogen and oxygen atoms in total. The average molecular weight is 1940 g/mol. The molecule has 0 unspecified atom stereocenters. The lowest BCUT2D eigenvalue weighted by Gasteiger charge is -2.28. The van der Waals surface area contributed by atoms with Crippen LogP contribution in [0.4, 0.5) is 96.7 Å². The third kappa shape index (κ3) is 20.0. The number of para-hydroxylation sites is 9. The lowest BCUT2D eigenvalue weighted by atomic mass is 9.81. The van der Waals surface area contributed by atoms with Crippen LogP contribution in [0, 0.1) is 0 Å². The van der Waals surface area contributed by atoms with Gasteiger partial charge in [-0.1, -0.05) is 359 Å². The molecule has 8 heteroatoms. The van der Waals surface area contributed by atoms with Crippen molar-refractivity contribution in [3.05, 3.63) is 548 Å². The molecule has 0 heterocycles. The molecule has 140 heavy (non-hydrogen) atoms. The summed E-state index contributed by atoms with van der Waals surface area (Å²) in [6, 6.07) is 189. The van der Waals surface area contributed by atoms with E-state index in [0.29, 0.717) is 0 Å². The Bertz CT molecular complexity index is 7820. The summed E-state index contributed by atoms with van der Waals surface area (Å²) in [7, 11) is 0. The number of anilines is 17. The topological polar surface area (TPSA) is 28.2 Å². The lowest BCUT2D eigenvalue weighted by Crippen LogP contribution is -2.12. The van der Waals surface area contributed by atoms with Crippen LogP contribution in [-0.4, -0.2) is 0 Å². The Hall–Kier alpha value is -16.4. The summed E-state index contributed by atoms with van der Waals surface area (Å²) in [5, 5.41) is 13.5. The fraction of sp³-hybridized carbons (Fsp3) is 0.0606. The second-order valence-electron chi connectivity index (χ2n) is 37.2. The van der Waals surface area contributed by atoms with Gasteiger partial charge in [-0.25, -0.2) is 0 Å². The van der Waals surface area contributed by atoms with Crippen molar-refractivity contribution in [1.29, 1.82) is 0 Å². The van der Waals surface area contributed by atoms with E-state index in [9.17, 15) is 0 Å². The molecule has 22 rings (SSSR count). The van der Waals surface area contributed by atoms with Gasteiger partial charge in [0.2, 0.25) is 0 Å². The zero-order valence-electron chi connectivity index (χ0n) is 79.2. The molecule has 0 aromatic heterocycles. The molecule has 0 fully saturated rings. The van der Waals surface area contributed by atoms with Gasteiger partial charge in [-0.3, -0.25) is 0 Å². The highest BCUT2D eigenvalue weighted by atomic mass is 79.9. The minimum atomic E-state index is -0.0613. The van der Waals surface area contributed by atoms with Crippen molar-refractivity contribution in [3.63, 3.8) is 0 Å². The smallest absolute Gasteiger partial charge is 0.0463 e. The van der Waals surface area contributed by atoms with Gasteiger partial charge < -0.3 is 29.8 Å². The summed E-state index contributed by atoms with van der Waals surface area (Å²) in [5.41, 5.74) is 31.2. The van der Waals surface area contributed by atoms with Crippen molar-refractivity contribution in [2.24, 2.45) is 0 Å². The van der Waals surface area contributed by atoms with Crippen molar-refractivity contribution >= 4 is 172 Å². The van der Waals surface area contributed by atoms with Crippen LogP contribution in [0.25, 0.3) is 87.6 Å². The third-order valence-corrected chi connectivity index (χ3v) is 27.0. The zero-order chi connectivity index (χ0) is 95.5. The predicted molar refractivity (Wildman–Crippen MR) is 607 cm³/mol. The van der Waals surface area contributed by atoms with E-state index in [1.54, 1.807) is 0 Å². The third-order valence-electron chi connectivity index (χ3n) is 25.9. The van der Waals surface area contributed by atoms with Crippen LogP contribution in [0.5, 0.6) is 0 Å². The summed E-state index contributed by atoms with van der Waals surface area (Å²) in [6.45, 7) is 13.8. The molecule has 0 aliphatic carbocycles. The number of benzene rings is 22. The monoisotopic (exact) mass is 1930 g/mol. The van der Waals surface area contributed by atoms with Crippen LogP contribution in [-0.2, 0) is 10.8 Å².